The quantitative estimate of drug-likeness (QED) is 0.879. The molecule has 0 aromatic carbocycles. The molecule has 2 N–H and O–H groups in total. The van der Waals surface area contributed by atoms with Crippen LogP contribution >= 0.6 is 0 Å². The second kappa shape index (κ2) is 6.21. The predicted octanol–water partition coefficient (Wildman–Crippen LogP) is 1.00. The molecule has 20 heavy (non-hydrogen) atoms. The molecule has 1 unspecified atom stereocenters. The van der Waals surface area contributed by atoms with E-state index in [0.29, 0.717) is 18.6 Å². The third kappa shape index (κ3) is 3.27. The van der Waals surface area contributed by atoms with Gasteiger partial charge in [0.2, 0.25) is 11.9 Å². The van der Waals surface area contributed by atoms with Gasteiger partial charge in [-0.1, -0.05) is 0 Å². The minimum absolute atomic E-state index is 0.145. The summed E-state index contributed by atoms with van der Waals surface area (Å²) in [6.45, 7) is 3.22. The van der Waals surface area contributed by atoms with E-state index in [1.807, 2.05) is 0 Å². The van der Waals surface area contributed by atoms with Crippen molar-refractivity contribution in [3.05, 3.63) is 0 Å². The molecule has 0 spiro atoms. The second-order valence-corrected chi connectivity index (χ2v) is 5.27. The minimum Gasteiger partial charge on any atom is -0.461 e. The molecule has 3 rings (SSSR count). The van der Waals surface area contributed by atoms with Crippen LogP contribution in [0.3, 0.4) is 0 Å². The van der Waals surface area contributed by atoms with Crippen LogP contribution in [0, 0.1) is 0 Å². The lowest BCUT2D eigenvalue weighted by Crippen LogP contribution is -2.31. The van der Waals surface area contributed by atoms with Gasteiger partial charge in [-0.05, 0) is 32.1 Å². The zero-order valence-electron chi connectivity index (χ0n) is 11.6. The van der Waals surface area contributed by atoms with E-state index < -0.39 is 0 Å². The van der Waals surface area contributed by atoms with Crippen LogP contribution in [-0.4, -0.2) is 47.4 Å². The summed E-state index contributed by atoms with van der Waals surface area (Å²) in [7, 11) is 0. The molecule has 3 heterocycles. The van der Waals surface area contributed by atoms with E-state index in [0.717, 1.165) is 45.4 Å². The Morgan fingerprint density at radius 1 is 1.15 bits per heavy atom. The van der Waals surface area contributed by atoms with Crippen LogP contribution in [0.15, 0.2) is 0 Å². The summed E-state index contributed by atoms with van der Waals surface area (Å²) >= 11 is 0. The molecule has 0 amide bonds. The first-order valence-electron chi connectivity index (χ1n) is 7.32. The smallest absolute Gasteiger partial charge is 0.323 e. The molecule has 2 aliphatic heterocycles. The average Bonchev–Trinajstić information content (AvgIpc) is 2.99. The number of nitrogens with zero attached hydrogens (tertiary/aromatic N) is 4. The summed E-state index contributed by atoms with van der Waals surface area (Å²) in [5.74, 6) is 0.836. The van der Waals surface area contributed by atoms with Gasteiger partial charge in [-0.15, -0.1) is 0 Å². The van der Waals surface area contributed by atoms with Crippen LogP contribution in [0.5, 0.6) is 6.01 Å². The van der Waals surface area contributed by atoms with Crippen LogP contribution in [0.4, 0.5) is 11.9 Å². The van der Waals surface area contributed by atoms with Crippen molar-refractivity contribution in [2.75, 3.05) is 36.9 Å². The molecule has 110 valence electrons. The molecule has 2 aliphatic rings. The van der Waals surface area contributed by atoms with Gasteiger partial charge in [0.05, 0.1) is 6.10 Å². The number of anilines is 2. The number of rotatable bonds is 4. The van der Waals surface area contributed by atoms with E-state index in [2.05, 4.69) is 19.9 Å². The van der Waals surface area contributed by atoms with Crippen molar-refractivity contribution in [3.63, 3.8) is 0 Å². The number of aromatic nitrogens is 3. The lowest BCUT2D eigenvalue weighted by atomic mass is 10.1. The van der Waals surface area contributed by atoms with Gasteiger partial charge in [-0.25, -0.2) is 0 Å². The van der Waals surface area contributed by atoms with Gasteiger partial charge < -0.3 is 20.1 Å². The number of hydrogen-bond donors (Lipinski definition) is 1. The lowest BCUT2D eigenvalue weighted by molar-refractivity contribution is 0.0645. The molecule has 0 radical (unpaired) electrons. The maximum Gasteiger partial charge on any atom is 0.323 e. The Labute approximate surface area is 118 Å². The largest absolute Gasteiger partial charge is 0.461 e. The monoisotopic (exact) mass is 279 g/mol. The van der Waals surface area contributed by atoms with E-state index in [-0.39, 0.29) is 12.1 Å². The second-order valence-electron chi connectivity index (χ2n) is 5.27. The molecule has 0 bridgehead atoms. The fraction of sp³-hybridized carbons (Fsp3) is 0.769. The molecule has 7 heteroatoms. The first kappa shape index (κ1) is 13.4. The van der Waals surface area contributed by atoms with Crippen LogP contribution in [0.25, 0.3) is 0 Å². The van der Waals surface area contributed by atoms with Gasteiger partial charge in [-0.3, -0.25) is 0 Å². The Bertz CT molecular complexity index is 444. The van der Waals surface area contributed by atoms with Gasteiger partial charge >= 0.3 is 6.01 Å². The highest BCUT2D eigenvalue weighted by atomic mass is 16.5. The lowest BCUT2D eigenvalue weighted by Gasteiger charge is -2.26. The van der Waals surface area contributed by atoms with Crippen molar-refractivity contribution >= 4 is 11.9 Å². The maximum atomic E-state index is 5.75. The third-order valence-electron chi connectivity index (χ3n) is 3.68. The Kier molecular flexibility index (Phi) is 4.15. The molecule has 7 nitrogen and oxygen atoms in total. The molecule has 0 saturated carbocycles. The molecule has 2 saturated heterocycles. The highest BCUT2D eigenvalue weighted by Gasteiger charge is 2.19. The number of nitrogens with two attached hydrogens (primary N) is 1. The predicted molar refractivity (Wildman–Crippen MR) is 74.8 cm³/mol. The first-order chi connectivity index (χ1) is 9.81. The summed E-state index contributed by atoms with van der Waals surface area (Å²) in [4.78, 5) is 14.8. The molecular formula is C13H21N5O2. The zero-order valence-corrected chi connectivity index (χ0v) is 11.6. The Morgan fingerprint density at radius 2 is 2.00 bits per heavy atom. The van der Waals surface area contributed by atoms with Crippen LogP contribution in [0.1, 0.15) is 32.1 Å². The fourth-order valence-corrected chi connectivity index (χ4v) is 2.60. The van der Waals surface area contributed by atoms with Crippen LogP contribution < -0.4 is 15.4 Å². The van der Waals surface area contributed by atoms with E-state index in [9.17, 15) is 0 Å². The number of piperidine rings is 1. The SMILES string of the molecule is Nc1nc(OCC2CCCO2)nc(N2CCCCC2)n1. The van der Waals surface area contributed by atoms with Crippen molar-refractivity contribution in [1.82, 2.24) is 15.0 Å². The van der Waals surface area contributed by atoms with E-state index in [1.165, 1.54) is 6.42 Å². The van der Waals surface area contributed by atoms with E-state index in [1.54, 1.807) is 0 Å². The standard InChI is InChI=1S/C13H21N5O2/c14-11-15-12(18-6-2-1-3-7-18)17-13(16-11)20-9-10-5-4-8-19-10/h10H,1-9H2,(H2,14,15,16,17). The zero-order chi connectivity index (χ0) is 13.8. The van der Waals surface area contributed by atoms with Gasteiger partial charge in [0, 0.05) is 19.7 Å². The van der Waals surface area contributed by atoms with Gasteiger partial charge in [0.15, 0.2) is 0 Å². The number of hydrogen-bond acceptors (Lipinski definition) is 7. The van der Waals surface area contributed by atoms with Crippen molar-refractivity contribution in [1.29, 1.82) is 0 Å². The normalized spacial score (nSPS) is 23.0. The topological polar surface area (TPSA) is 86.4 Å². The molecule has 1 aromatic rings. The van der Waals surface area contributed by atoms with Crippen molar-refractivity contribution in [3.8, 4) is 6.01 Å². The first-order valence-corrected chi connectivity index (χ1v) is 7.32. The van der Waals surface area contributed by atoms with Crippen molar-refractivity contribution in [2.24, 2.45) is 0 Å². The van der Waals surface area contributed by atoms with Gasteiger partial charge in [-0.2, -0.15) is 15.0 Å². The average molecular weight is 279 g/mol. The fourth-order valence-electron chi connectivity index (χ4n) is 2.60. The minimum atomic E-state index is 0.145. The molecular weight excluding hydrogens is 258 g/mol. The van der Waals surface area contributed by atoms with Crippen LogP contribution in [-0.2, 0) is 4.74 Å². The highest BCUT2D eigenvalue weighted by Crippen LogP contribution is 2.19. The Morgan fingerprint density at radius 3 is 2.75 bits per heavy atom. The third-order valence-corrected chi connectivity index (χ3v) is 3.68. The maximum absolute atomic E-state index is 5.75. The van der Waals surface area contributed by atoms with Gasteiger partial charge in [0.25, 0.3) is 0 Å². The summed E-state index contributed by atoms with van der Waals surface area (Å²) in [6, 6.07) is 0.300. The van der Waals surface area contributed by atoms with E-state index >= 15 is 0 Å². The number of ether oxygens (including phenoxy) is 2. The van der Waals surface area contributed by atoms with Crippen LogP contribution in [0.2, 0.25) is 0 Å². The summed E-state index contributed by atoms with van der Waals surface area (Å²) in [5, 5.41) is 0. The summed E-state index contributed by atoms with van der Waals surface area (Å²) < 4.78 is 11.1. The van der Waals surface area contributed by atoms with Crippen molar-refractivity contribution in [2.45, 2.75) is 38.2 Å². The van der Waals surface area contributed by atoms with Gasteiger partial charge in [0.1, 0.15) is 6.61 Å². The summed E-state index contributed by atoms with van der Waals surface area (Å²) in [6.07, 6.45) is 5.85. The Balaban J connectivity index is 1.65. The number of nitrogen functional groups attached to an aromatic ring is 1. The Hall–Kier alpha value is -1.63. The molecule has 2 fully saturated rings. The molecule has 1 atom stereocenters. The molecule has 0 aliphatic carbocycles. The molecule has 1 aromatic heterocycles. The summed E-state index contributed by atoms with van der Waals surface area (Å²) in [5.41, 5.74) is 5.75. The highest BCUT2D eigenvalue weighted by molar-refractivity contribution is 5.36. The van der Waals surface area contributed by atoms with E-state index in [4.69, 9.17) is 15.2 Å². The van der Waals surface area contributed by atoms with Crippen molar-refractivity contribution < 1.29 is 9.47 Å².